The van der Waals surface area contributed by atoms with E-state index in [0.29, 0.717) is 11.1 Å². The number of nitrogen functional groups attached to an aromatic ring is 1. The lowest BCUT2D eigenvalue weighted by Crippen LogP contribution is -2.25. The number of hydrogen-bond donors (Lipinski definition) is 3. The van der Waals surface area contributed by atoms with Crippen LogP contribution in [-0.4, -0.2) is 53.4 Å². The molecule has 0 radical (unpaired) electrons. The number of nitrogens with two attached hydrogens (primary N) is 1. The number of rotatable bonds is 13. The summed E-state index contributed by atoms with van der Waals surface area (Å²) in [6.45, 7) is -3.58. The Kier molecular flexibility index (Phi) is 13.3. The largest absolute Gasteiger partial charge is 0.398 e. The topological polar surface area (TPSA) is 176 Å². The number of benzene rings is 4. The molecule has 2 atom stereocenters. The summed E-state index contributed by atoms with van der Waals surface area (Å²) in [5.74, 6) is -1.97. The normalized spacial score (nSPS) is 15.5. The number of nitro groups is 2. The maximum atomic E-state index is 13.7. The van der Waals surface area contributed by atoms with Gasteiger partial charge in [0, 0.05) is 45.4 Å². The fraction of sp³-hybridized carbons (Fsp3) is 0.250. The van der Waals surface area contributed by atoms with E-state index < -0.39 is 52.1 Å². The smallest absolute Gasteiger partial charge is 0.306 e. The molecule has 5 rings (SSSR count). The van der Waals surface area contributed by atoms with Crippen LogP contribution in [0.4, 0.5) is 31.5 Å². The molecule has 12 nitrogen and oxygen atoms in total. The molecule has 4 N–H and O–H groups in total. The molecule has 256 valence electrons. The van der Waals surface area contributed by atoms with Crippen LogP contribution in [0.5, 0.6) is 0 Å². The van der Waals surface area contributed by atoms with Crippen molar-refractivity contribution in [2.24, 2.45) is 0 Å². The number of aliphatic hydroxyl groups excluding tert-OH is 1. The standard InChI is InChI=1S/C16H16BrFN2O4.C10H12O2.C6H4BrFN2O2/c17-13-6-16(20(22)23)14(18)7-15(13)19-8-12(21)10-24-9-11-4-2-1-3-5-11;1-2-4-9(5-3-1)6-11-7-10-8-12-10;7-3-1-6(10(11)12)4(8)2-5(3)9/h1-7,12,19,21H,8-10H2;1-5,10H,6-8H2;1-2H,9H2/i10D2;7D2;. The SMILES string of the molecule is Nc1cc(F)c([N+](=O)[O-])cc1Br.[2H]C([2H])(OCc1ccccc1)C(O)CNc1cc(F)c([N+](=O)[O-])cc1Br.[2H]C([2H])(OCc1ccccc1)C1CO1. The minimum absolute atomic E-state index is 0.0270. The van der Waals surface area contributed by atoms with Gasteiger partial charge in [-0.2, -0.15) is 8.78 Å². The van der Waals surface area contributed by atoms with E-state index in [1.54, 1.807) is 24.3 Å². The molecule has 0 saturated carbocycles. The second kappa shape index (κ2) is 19.7. The number of epoxide rings is 1. The molecule has 2 unspecified atom stereocenters. The maximum absolute atomic E-state index is 13.7. The second-order valence-electron chi connectivity index (χ2n) is 9.63. The van der Waals surface area contributed by atoms with E-state index in [9.17, 15) is 34.1 Å². The second-order valence-corrected chi connectivity index (χ2v) is 11.3. The van der Waals surface area contributed by atoms with Crippen molar-refractivity contribution in [2.45, 2.75) is 25.4 Å². The number of aliphatic hydroxyl groups is 1. The number of ether oxygens (including phenoxy) is 3. The Morgan fingerprint density at radius 1 is 0.917 bits per heavy atom. The van der Waals surface area contributed by atoms with Crippen molar-refractivity contribution in [3.05, 3.63) is 137 Å². The van der Waals surface area contributed by atoms with Crippen molar-refractivity contribution in [3.8, 4) is 0 Å². The van der Waals surface area contributed by atoms with Crippen molar-refractivity contribution in [2.75, 3.05) is 37.3 Å². The molecule has 1 saturated heterocycles. The van der Waals surface area contributed by atoms with E-state index in [1.165, 1.54) is 0 Å². The summed E-state index contributed by atoms with van der Waals surface area (Å²) in [5, 5.41) is 33.6. The van der Waals surface area contributed by atoms with Gasteiger partial charge in [-0.1, -0.05) is 60.7 Å². The minimum atomic E-state index is -2.35. The van der Waals surface area contributed by atoms with Crippen molar-refractivity contribution < 1.29 is 43.4 Å². The van der Waals surface area contributed by atoms with Crippen molar-refractivity contribution in [3.63, 3.8) is 0 Å². The molecule has 48 heavy (non-hydrogen) atoms. The van der Waals surface area contributed by atoms with Gasteiger partial charge in [0.05, 0.1) is 60.1 Å². The van der Waals surface area contributed by atoms with Crippen LogP contribution in [0.15, 0.2) is 93.9 Å². The first-order valence-corrected chi connectivity index (χ1v) is 15.4. The van der Waals surface area contributed by atoms with Crippen LogP contribution in [-0.2, 0) is 27.4 Å². The molecule has 0 aromatic heterocycles. The van der Waals surface area contributed by atoms with E-state index >= 15 is 0 Å². The fourth-order valence-corrected chi connectivity index (χ4v) is 4.26. The lowest BCUT2D eigenvalue weighted by molar-refractivity contribution is -0.387. The van der Waals surface area contributed by atoms with Gasteiger partial charge >= 0.3 is 11.4 Å². The molecule has 0 amide bonds. The van der Waals surface area contributed by atoms with Gasteiger partial charge in [-0.05, 0) is 43.0 Å². The molecule has 4 aromatic rings. The first-order chi connectivity index (χ1) is 24.4. The molecular formula is C32H32Br2F2N4O8. The Labute approximate surface area is 297 Å². The molecule has 16 heteroatoms. The van der Waals surface area contributed by atoms with Gasteiger partial charge < -0.3 is 30.4 Å². The van der Waals surface area contributed by atoms with Crippen LogP contribution in [0.3, 0.4) is 0 Å². The van der Waals surface area contributed by atoms with Crippen molar-refractivity contribution >= 4 is 54.6 Å². The van der Waals surface area contributed by atoms with Crippen LogP contribution in [0.25, 0.3) is 0 Å². The Balaban J connectivity index is 0.000000234. The van der Waals surface area contributed by atoms with E-state index in [2.05, 4.69) is 37.2 Å². The zero-order valence-corrected chi connectivity index (χ0v) is 28.0. The summed E-state index contributed by atoms with van der Waals surface area (Å²) in [5.41, 5.74) is 6.00. The first kappa shape index (κ1) is 32.5. The number of anilines is 2. The van der Waals surface area contributed by atoms with Crippen LogP contribution >= 0.6 is 31.9 Å². The summed E-state index contributed by atoms with van der Waals surface area (Å²) in [4.78, 5) is 19.2. The molecule has 1 heterocycles. The van der Waals surface area contributed by atoms with Crippen molar-refractivity contribution in [1.82, 2.24) is 0 Å². The summed E-state index contributed by atoms with van der Waals surface area (Å²) >= 11 is 6.02. The number of nitrogens with one attached hydrogen (secondary N) is 1. The number of nitro benzene ring substituents is 2. The zero-order chi connectivity index (χ0) is 38.6. The third-order valence-electron chi connectivity index (χ3n) is 5.91. The maximum Gasteiger partial charge on any atom is 0.306 e. The summed E-state index contributed by atoms with van der Waals surface area (Å²) < 4.78 is 72.7. The van der Waals surface area contributed by atoms with E-state index in [1.807, 2.05) is 36.4 Å². The highest BCUT2D eigenvalue weighted by molar-refractivity contribution is 9.11. The Morgan fingerprint density at radius 3 is 1.94 bits per heavy atom. The van der Waals surface area contributed by atoms with Crippen LogP contribution < -0.4 is 11.1 Å². The number of halogens is 4. The average molecular weight is 802 g/mol. The Morgan fingerprint density at radius 2 is 1.42 bits per heavy atom. The van der Waals surface area contributed by atoms with Gasteiger partial charge in [0.2, 0.25) is 11.6 Å². The molecule has 1 aliphatic rings. The third kappa shape index (κ3) is 13.6. The Hall–Kier alpha value is -4.06. The van der Waals surface area contributed by atoms with E-state index in [0.717, 1.165) is 35.4 Å². The predicted octanol–water partition coefficient (Wildman–Crippen LogP) is 7.17. The van der Waals surface area contributed by atoms with Crippen LogP contribution in [0, 0.1) is 31.9 Å². The van der Waals surface area contributed by atoms with Crippen LogP contribution in [0.2, 0.25) is 0 Å². The van der Waals surface area contributed by atoms with Crippen LogP contribution in [0.1, 0.15) is 16.6 Å². The summed E-state index contributed by atoms with van der Waals surface area (Å²) in [7, 11) is 0. The highest BCUT2D eigenvalue weighted by Crippen LogP contribution is 2.30. The summed E-state index contributed by atoms with van der Waals surface area (Å²) in [6.07, 6.45) is -1.94. The lowest BCUT2D eigenvalue weighted by atomic mass is 10.2. The fourth-order valence-electron chi connectivity index (χ4n) is 3.46. The quantitative estimate of drug-likeness (QED) is 0.0544. The number of hydrogen-bond acceptors (Lipinski definition) is 10. The molecule has 0 bridgehead atoms. The highest BCUT2D eigenvalue weighted by atomic mass is 79.9. The summed E-state index contributed by atoms with van der Waals surface area (Å²) in [6, 6.07) is 22.3. The van der Waals surface area contributed by atoms with Gasteiger partial charge in [0.25, 0.3) is 0 Å². The lowest BCUT2D eigenvalue weighted by Gasteiger charge is -2.14. The Bertz CT molecular complexity index is 1820. The highest BCUT2D eigenvalue weighted by Gasteiger charge is 2.22. The van der Waals surface area contributed by atoms with Gasteiger partial charge in [-0.15, -0.1) is 0 Å². The molecule has 0 aliphatic carbocycles. The molecule has 0 spiro atoms. The zero-order valence-electron chi connectivity index (χ0n) is 28.9. The van der Waals surface area contributed by atoms with Crippen molar-refractivity contribution in [1.29, 1.82) is 0 Å². The third-order valence-corrected chi connectivity index (χ3v) is 7.26. The molecular weight excluding hydrogens is 766 g/mol. The van der Waals surface area contributed by atoms with Gasteiger partial charge in [0.1, 0.15) is 6.10 Å². The predicted molar refractivity (Wildman–Crippen MR) is 182 cm³/mol. The number of nitrogens with zero attached hydrogens (tertiary/aromatic N) is 2. The van der Waals surface area contributed by atoms with E-state index in [-0.39, 0.29) is 41.7 Å². The van der Waals surface area contributed by atoms with Gasteiger partial charge in [0.15, 0.2) is 0 Å². The monoisotopic (exact) mass is 800 g/mol. The molecule has 1 fully saturated rings. The molecule has 4 aromatic carbocycles. The van der Waals surface area contributed by atoms with Gasteiger partial charge in [-0.3, -0.25) is 20.2 Å². The van der Waals surface area contributed by atoms with Gasteiger partial charge in [-0.25, -0.2) is 0 Å². The molecule has 1 aliphatic heterocycles. The first-order valence-electron chi connectivity index (χ1n) is 15.8. The van der Waals surface area contributed by atoms with E-state index in [4.69, 9.17) is 25.4 Å². The minimum Gasteiger partial charge on any atom is -0.398 e. The average Bonchev–Trinajstić information content (AvgIpc) is 3.96.